The number of para-hydroxylation sites is 1. The Bertz CT molecular complexity index is 2370. The van der Waals surface area contributed by atoms with Gasteiger partial charge in [0.25, 0.3) is 0 Å². The molecule has 1 aliphatic heterocycles. The molecule has 1 unspecified atom stereocenters. The molecular weight excluding hydrogens is 546 g/mol. The van der Waals surface area contributed by atoms with Crippen LogP contribution in [0.1, 0.15) is 11.8 Å². The minimum absolute atomic E-state index is 0.831. The van der Waals surface area contributed by atoms with Crippen molar-refractivity contribution in [3.05, 3.63) is 169 Å². The van der Waals surface area contributed by atoms with E-state index in [0.717, 1.165) is 44.8 Å². The summed E-state index contributed by atoms with van der Waals surface area (Å²) in [4.78, 5) is 2.10. The summed E-state index contributed by atoms with van der Waals surface area (Å²) >= 11 is 0. The minimum Gasteiger partial charge on any atom is -0.369 e. The average molecular weight is 576 g/mol. The summed E-state index contributed by atoms with van der Waals surface area (Å²) in [6, 6.07) is 57.9. The molecular formula is C43H29NO. The molecule has 1 N–H and O–H groups in total. The molecule has 0 amide bonds. The maximum absolute atomic E-state index is 12.0. The molecule has 0 aromatic heterocycles. The van der Waals surface area contributed by atoms with Crippen LogP contribution in [0.5, 0.6) is 0 Å². The number of aliphatic hydroxyl groups is 1. The van der Waals surface area contributed by atoms with E-state index < -0.39 is 6.23 Å². The van der Waals surface area contributed by atoms with Gasteiger partial charge in [0.2, 0.25) is 0 Å². The summed E-state index contributed by atoms with van der Waals surface area (Å²) in [5, 5.41) is 19.6. The lowest BCUT2D eigenvalue weighted by atomic mass is 9.88. The Labute approximate surface area is 262 Å². The molecule has 1 heterocycles. The van der Waals surface area contributed by atoms with Crippen molar-refractivity contribution in [3.63, 3.8) is 0 Å². The van der Waals surface area contributed by atoms with Gasteiger partial charge >= 0.3 is 0 Å². The largest absolute Gasteiger partial charge is 0.369 e. The third kappa shape index (κ3) is 4.00. The van der Waals surface area contributed by atoms with E-state index in [1.165, 1.54) is 37.9 Å². The van der Waals surface area contributed by atoms with Gasteiger partial charge in [-0.05, 0) is 78.8 Å². The standard InChI is InChI=1S/C43H29NO/c45-43-38-20-9-8-19-36(38)40-26-29(28-12-2-1-3-13-28)23-25-42(40)44(43)41-21-11-10-14-31(41)30-22-24-37-34-17-5-4-15-32(34)33-16-6-7-18-35(33)39(37)27-30/h1-27,43,45H. The van der Waals surface area contributed by atoms with Gasteiger partial charge in [0.1, 0.15) is 0 Å². The Morgan fingerprint density at radius 1 is 0.356 bits per heavy atom. The molecule has 0 saturated heterocycles. The molecule has 8 aromatic rings. The van der Waals surface area contributed by atoms with Gasteiger partial charge in [-0.25, -0.2) is 0 Å². The summed E-state index contributed by atoms with van der Waals surface area (Å²) in [5.41, 5.74) is 9.57. The quantitative estimate of drug-likeness (QED) is 0.212. The fourth-order valence-electron chi connectivity index (χ4n) is 7.27. The van der Waals surface area contributed by atoms with E-state index in [0.29, 0.717) is 0 Å². The van der Waals surface area contributed by atoms with Gasteiger partial charge in [0.15, 0.2) is 6.23 Å². The van der Waals surface area contributed by atoms with Crippen molar-refractivity contribution >= 4 is 43.7 Å². The van der Waals surface area contributed by atoms with Crippen molar-refractivity contribution < 1.29 is 5.11 Å². The molecule has 0 spiro atoms. The second-order valence-corrected chi connectivity index (χ2v) is 11.8. The summed E-state index contributed by atoms with van der Waals surface area (Å²) in [6.07, 6.45) is -0.831. The number of aliphatic hydroxyl groups excluding tert-OH is 1. The van der Waals surface area contributed by atoms with Crippen molar-refractivity contribution in [2.75, 3.05) is 4.90 Å². The Balaban J connectivity index is 1.26. The summed E-state index contributed by atoms with van der Waals surface area (Å²) in [5.74, 6) is 0. The molecule has 212 valence electrons. The van der Waals surface area contributed by atoms with Gasteiger partial charge in [-0.1, -0.05) is 140 Å². The number of anilines is 2. The fraction of sp³-hybridized carbons (Fsp3) is 0.0233. The van der Waals surface area contributed by atoms with Gasteiger partial charge in [-0.15, -0.1) is 0 Å². The third-order valence-electron chi connectivity index (χ3n) is 9.36. The first-order valence-corrected chi connectivity index (χ1v) is 15.4. The van der Waals surface area contributed by atoms with Crippen LogP contribution in [0.15, 0.2) is 164 Å². The van der Waals surface area contributed by atoms with Crippen LogP contribution < -0.4 is 4.90 Å². The van der Waals surface area contributed by atoms with E-state index in [9.17, 15) is 5.11 Å². The van der Waals surface area contributed by atoms with Crippen LogP contribution in [-0.2, 0) is 0 Å². The van der Waals surface area contributed by atoms with Gasteiger partial charge in [0.05, 0.1) is 11.4 Å². The van der Waals surface area contributed by atoms with E-state index >= 15 is 0 Å². The monoisotopic (exact) mass is 575 g/mol. The summed E-state index contributed by atoms with van der Waals surface area (Å²) < 4.78 is 0. The summed E-state index contributed by atoms with van der Waals surface area (Å²) in [6.45, 7) is 0. The van der Waals surface area contributed by atoms with Crippen LogP contribution >= 0.6 is 0 Å². The second-order valence-electron chi connectivity index (χ2n) is 11.8. The number of hydrogen-bond acceptors (Lipinski definition) is 2. The van der Waals surface area contributed by atoms with E-state index in [2.05, 4.69) is 150 Å². The first-order valence-electron chi connectivity index (χ1n) is 15.4. The average Bonchev–Trinajstić information content (AvgIpc) is 3.12. The van der Waals surface area contributed by atoms with E-state index in [4.69, 9.17) is 0 Å². The molecule has 1 aliphatic rings. The number of benzene rings is 8. The van der Waals surface area contributed by atoms with Gasteiger partial charge in [-0.2, -0.15) is 0 Å². The zero-order valence-electron chi connectivity index (χ0n) is 24.6. The number of hydrogen-bond donors (Lipinski definition) is 1. The van der Waals surface area contributed by atoms with E-state index in [-0.39, 0.29) is 0 Å². The normalized spacial score (nSPS) is 14.1. The molecule has 2 heteroatoms. The first kappa shape index (κ1) is 25.8. The summed E-state index contributed by atoms with van der Waals surface area (Å²) in [7, 11) is 0. The highest BCUT2D eigenvalue weighted by molar-refractivity contribution is 6.25. The third-order valence-corrected chi connectivity index (χ3v) is 9.36. The van der Waals surface area contributed by atoms with E-state index in [1.54, 1.807) is 0 Å². The maximum Gasteiger partial charge on any atom is 0.158 e. The smallest absolute Gasteiger partial charge is 0.158 e. The van der Waals surface area contributed by atoms with Crippen LogP contribution in [-0.4, -0.2) is 5.11 Å². The van der Waals surface area contributed by atoms with Crippen LogP contribution in [0, 0.1) is 0 Å². The van der Waals surface area contributed by atoms with Gasteiger partial charge in [0, 0.05) is 16.7 Å². The molecule has 9 rings (SSSR count). The van der Waals surface area contributed by atoms with Crippen LogP contribution in [0.2, 0.25) is 0 Å². The van der Waals surface area contributed by atoms with Crippen molar-refractivity contribution in [2.24, 2.45) is 0 Å². The lowest BCUT2D eigenvalue weighted by Gasteiger charge is -2.38. The lowest BCUT2D eigenvalue weighted by molar-refractivity contribution is 0.184. The Morgan fingerprint density at radius 3 is 1.62 bits per heavy atom. The highest BCUT2D eigenvalue weighted by Crippen LogP contribution is 2.50. The number of nitrogens with zero attached hydrogens (tertiary/aromatic N) is 1. The zero-order valence-corrected chi connectivity index (χ0v) is 24.6. The maximum atomic E-state index is 12.0. The molecule has 2 nitrogen and oxygen atoms in total. The van der Waals surface area contributed by atoms with Crippen molar-refractivity contribution in [2.45, 2.75) is 6.23 Å². The molecule has 1 atom stereocenters. The van der Waals surface area contributed by atoms with Crippen LogP contribution in [0.3, 0.4) is 0 Å². The van der Waals surface area contributed by atoms with Gasteiger partial charge < -0.3 is 10.0 Å². The van der Waals surface area contributed by atoms with E-state index in [1.807, 2.05) is 18.2 Å². The topological polar surface area (TPSA) is 23.5 Å². The minimum atomic E-state index is -0.831. The number of rotatable bonds is 3. The zero-order chi connectivity index (χ0) is 29.9. The number of fused-ring (bicyclic) bond motifs is 9. The molecule has 0 aliphatic carbocycles. The van der Waals surface area contributed by atoms with Crippen molar-refractivity contribution in [1.29, 1.82) is 0 Å². The fourth-order valence-corrected chi connectivity index (χ4v) is 7.27. The molecule has 45 heavy (non-hydrogen) atoms. The Kier molecular flexibility index (Phi) is 5.84. The predicted octanol–water partition coefficient (Wildman–Crippen LogP) is 11.3. The second kappa shape index (κ2) is 10.2. The SMILES string of the molecule is OC1c2ccccc2-c2cc(-c3ccccc3)ccc2N1c1ccccc1-c1ccc2c3ccccc3c3ccccc3c2c1. The molecule has 0 bridgehead atoms. The highest BCUT2D eigenvalue weighted by atomic mass is 16.3. The lowest BCUT2D eigenvalue weighted by Crippen LogP contribution is -2.28. The molecule has 0 fully saturated rings. The van der Waals surface area contributed by atoms with Crippen molar-refractivity contribution in [1.82, 2.24) is 0 Å². The predicted molar refractivity (Wildman–Crippen MR) is 189 cm³/mol. The molecule has 0 radical (unpaired) electrons. The van der Waals surface area contributed by atoms with Gasteiger partial charge in [-0.3, -0.25) is 0 Å². The van der Waals surface area contributed by atoms with Crippen LogP contribution in [0.25, 0.3) is 65.7 Å². The first-order chi connectivity index (χ1) is 22.3. The molecule has 0 saturated carbocycles. The van der Waals surface area contributed by atoms with Crippen molar-refractivity contribution in [3.8, 4) is 33.4 Å². The Morgan fingerprint density at radius 2 is 0.889 bits per heavy atom. The van der Waals surface area contributed by atoms with Crippen LogP contribution in [0.4, 0.5) is 11.4 Å². The Hall–Kier alpha value is -5.70. The highest BCUT2D eigenvalue weighted by Gasteiger charge is 2.32. The molecule has 8 aromatic carbocycles.